The van der Waals surface area contributed by atoms with Gasteiger partial charge in [-0.25, -0.2) is 9.97 Å². The van der Waals surface area contributed by atoms with Gasteiger partial charge in [0.25, 0.3) is 0 Å². The van der Waals surface area contributed by atoms with E-state index in [1.807, 2.05) is 19.0 Å². The van der Waals surface area contributed by atoms with Crippen LogP contribution < -0.4 is 4.90 Å². The van der Waals surface area contributed by atoms with Crippen molar-refractivity contribution < 1.29 is 0 Å². The third-order valence-electron chi connectivity index (χ3n) is 1.64. The van der Waals surface area contributed by atoms with Crippen molar-refractivity contribution in [2.75, 3.05) is 19.0 Å². The molecule has 2 aromatic heterocycles. The summed E-state index contributed by atoms with van der Waals surface area (Å²) in [6, 6.07) is 0. The number of rotatable bonds is 1. The second-order valence-electron chi connectivity index (χ2n) is 2.80. The van der Waals surface area contributed by atoms with Gasteiger partial charge in [0.1, 0.15) is 6.33 Å². The van der Waals surface area contributed by atoms with Crippen molar-refractivity contribution in [1.29, 1.82) is 0 Å². The SMILES string of the molecule is CN(C)c1ncc(Br)c2ncnn12. The normalized spacial score (nSPS) is 10.7. The molecule has 13 heavy (non-hydrogen) atoms. The first-order valence-corrected chi connectivity index (χ1v) is 4.51. The molecule has 0 spiro atoms. The van der Waals surface area contributed by atoms with E-state index in [2.05, 4.69) is 31.0 Å². The van der Waals surface area contributed by atoms with Gasteiger partial charge >= 0.3 is 0 Å². The molecule has 0 bridgehead atoms. The predicted molar refractivity (Wildman–Crippen MR) is 52.8 cm³/mol. The lowest BCUT2D eigenvalue weighted by Crippen LogP contribution is -2.15. The fourth-order valence-corrected chi connectivity index (χ4v) is 1.46. The van der Waals surface area contributed by atoms with Crippen LogP contribution in [-0.2, 0) is 0 Å². The highest BCUT2D eigenvalue weighted by Crippen LogP contribution is 2.17. The molecular weight excluding hydrogens is 234 g/mol. The Morgan fingerprint density at radius 1 is 1.38 bits per heavy atom. The van der Waals surface area contributed by atoms with Crippen LogP contribution in [0.15, 0.2) is 17.0 Å². The molecule has 0 saturated heterocycles. The molecule has 0 atom stereocenters. The van der Waals surface area contributed by atoms with Crippen LogP contribution in [0.4, 0.5) is 5.95 Å². The molecule has 6 heteroatoms. The Morgan fingerprint density at radius 3 is 2.85 bits per heavy atom. The number of anilines is 1. The Bertz CT molecular complexity index is 435. The van der Waals surface area contributed by atoms with Crippen LogP contribution in [0.1, 0.15) is 0 Å². The maximum atomic E-state index is 4.22. The van der Waals surface area contributed by atoms with Gasteiger partial charge in [0.2, 0.25) is 5.95 Å². The van der Waals surface area contributed by atoms with Crippen molar-refractivity contribution >= 4 is 27.5 Å². The van der Waals surface area contributed by atoms with E-state index in [1.54, 1.807) is 10.7 Å². The van der Waals surface area contributed by atoms with Gasteiger partial charge < -0.3 is 4.90 Å². The lowest BCUT2D eigenvalue weighted by Gasteiger charge is -2.11. The van der Waals surface area contributed by atoms with Crippen molar-refractivity contribution in [3.63, 3.8) is 0 Å². The van der Waals surface area contributed by atoms with E-state index in [9.17, 15) is 0 Å². The molecule has 0 aliphatic rings. The second kappa shape index (κ2) is 2.95. The van der Waals surface area contributed by atoms with Crippen LogP contribution in [0, 0.1) is 0 Å². The number of hydrogen-bond acceptors (Lipinski definition) is 4. The average Bonchev–Trinajstić information content (AvgIpc) is 2.53. The van der Waals surface area contributed by atoms with E-state index in [-0.39, 0.29) is 0 Å². The van der Waals surface area contributed by atoms with Gasteiger partial charge in [-0.2, -0.15) is 9.61 Å². The van der Waals surface area contributed by atoms with E-state index < -0.39 is 0 Å². The first-order valence-electron chi connectivity index (χ1n) is 3.71. The molecule has 0 radical (unpaired) electrons. The Labute approximate surface area is 83.5 Å². The van der Waals surface area contributed by atoms with Crippen LogP contribution >= 0.6 is 15.9 Å². The van der Waals surface area contributed by atoms with Crippen molar-refractivity contribution in [3.8, 4) is 0 Å². The largest absolute Gasteiger partial charge is 0.347 e. The van der Waals surface area contributed by atoms with Crippen LogP contribution in [-0.4, -0.2) is 33.7 Å². The number of fused-ring (bicyclic) bond motifs is 1. The Hall–Kier alpha value is -1.17. The zero-order valence-electron chi connectivity index (χ0n) is 7.27. The van der Waals surface area contributed by atoms with E-state index >= 15 is 0 Å². The summed E-state index contributed by atoms with van der Waals surface area (Å²) in [5.41, 5.74) is 0.777. The lowest BCUT2D eigenvalue weighted by molar-refractivity contribution is 0.868. The Kier molecular flexibility index (Phi) is 1.91. The first kappa shape index (κ1) is 8.43. The zero-order chi connectivity index (χ0) is 9.42. The Morgan fingerprint density at radius 2 is 2.15 bits per heavy atom. The maximum Gasteiger partial charge on any atom is 0.228 e. The fourth-order valence-electron chi connectivity index (χ4n) is 1.08. The summed E-state index contributed by atoms with van der Waals surface area (Å²) in [6.07, 6.45) is 3.23. The van der Waals surface area contributed by atoms with Crippen molar-refractivity contribution in [1.82, 2.24) is 19.6 Å². The molecule has 0 aliphatic heterocycles. The molecule has 68 valence electrons. The van der Waals surface area contributed by atoms with E-state index in [0.29, 0.717) is 0 Å². The average molecular weight is 242 g/mol. The third-order valence-corrected chi connectivity index (χ3v) is 2.20. The van der Waals surface area contributed by atoms with E-state index in [1.165, 1.54) is 6.33 Å². The molecule has 0 unspecified atom stereocenters. The van der Waals surface area contributed by atoms with Gasteiger partial charge in [0, 0.05) is 20.3 Å². The highest BCUT2D eigenvalue weighted by atomic mass is 79.9. The highest BCUT2D eigenvalue weighted by Gasteiger charge is 2.08. The summed E-state index contributed by atoms with van der Waals surface area (Å²) in [7, 11) is 3.83. The van der Waals surface area contributed by atoms with Gasteiger partial charge in [-0.1, -0.05) is 0 Å². The fraction of sp³-hybridized carbons (Fsp3) is 0.286. The summed E-state index contributed by atoms with van der Waals surface area (Å²) in [4.78, 5) is 10.2. The minimum absolute atomic E-state index is 0.760. The molecular formula is C7H8BrN5. The third kappa shape index (κ3) is 1.27. The number of hydrogen-bond donors (Lipinski definition) is 0. The smallest absolute Gasteiger partial charge is 0.228 e. The topological polar surface area (TPSA) is 46.3 Å². The van der Waals surface area contributed by atoms with Crippen molar-refractivity contribution in [3.05, 3.63) is 17.0 Å². The number of halogens is 1. The molecule has 0 aliphatic carbocycles. The molecule has 0 amide bonds. The van der Waals surface area contributed by atoms with E-state index in [4.69, 9.17) is 0 Å². The Balaban J connectivity index is 2.78. The minimum atomic E-state index is 0.760. The standard InChI is InChI=1S/C7H8BrN5/c1-12(2)7-9-3-5(8)6-10-4-11-13(6)7/h3-4H,1-2H3. The van der Waals surface area contributed by atoms with Gasteiger partial charge in [0.15, 0.2) is 5.65 Å². The summed E-state index contributed by atoms with van der Waals surface area (Å²) in [5.74, 6) is 0.760. The molecule has 2 rings (SSSR count). The van der Waals surface area contributed by atoms with Gasteiger partial charge in [-0.15, -0.1) is 0 Å². The molecule has 2 aromatic rings. The molecule has 0 saturated carbocycles. The highest BCUT2D eigenvalue weighted by molar-refractivity contribution is 9.10. The van der Waals surface area contributed by atoms with E-state index in [0.717, 1.165) is 16.1 Å². The van der Waals surface area contributed by atoms with Gasteiger partial charge in [-0.05, 0) is 15.9 Å². The van der Waals surface area contributed by atoms with Crippen molar-refractivity contribution in [2.24, 2.45) is 0 Å². The monoisotopic (exact) mass is 241 g/mol. The molecule has 5 nitrogen and oxygen atoms in total. The molecule has 0 fully saturated rings. The van der Waals surface area contributed by atoms with Crippen molar-refractivity contribution in [2.45, 2.75) is 0 Å². The second-order valence-corrected chi connectivity index (χ2v) is 3.65. The summed E-state index contributed by atoms with van der Waals surface area (Å²) < 4.78 is 2.53. The summed E-state index contributed by atoms with van der Waals surface area (Å²) in [6.45, 7) is 0. The van der Waals surface area contributed by atoms with Gasteiger partial charge in [0.05, 0.1) is 4.47 Å². The quantitative estimate of drug-likeness (QED) is 0.747. The molecule has 0 aromatic carbocycles. The molecule has 2 heterocycles. The summed E-state index contributed by atoms with van der Waals surface area (Å²) in [5, 5.41) is 4.07. The number of aromatic nitrogens is 4. The van der Waals surface area contributed by atoms with Gasteiger partial charge in [-0.3, -0.25) is 0 Å². The zero-order valence-corrected chi connectivity index (χ0v) is 8.85. The van der Waals surface area contributed by atoms with Crippen LogP contribution in [0.2, 0.25) is 0 Å². The summed E-state index contributed by atoms with van der Waals surface area (Å²) >= 11 is 3.35. The predicted octanol–water partition coefficient (Wildman–Crippen LogP) is 0.953. The van der Waals surface area contributed by atoms with Crippen LogP contribution in [0.3, 0.4) is 0 Å². The first-order chi connectivity index (χ1) is 6.20. The van der Waals surface area contributed by atoms with Crippen LogP contribution in [0.5, 0.6) is 0 Å². The van der Waals surface area contributed by atoms with Crippen LogP contribution in [0.25, 0.3) is 5.65 Å². The maximum absolute atomic E-state index is 4.22. The molecule has 0 N–H and O–H groups in total. The lowest BCUT2D eigenvalue weighted by atomic mass is 10.6. The minimum Gasteiger partial charge on any atom is -0.347 e. The number of nitrogens with zero attached hydrogens (tertiary/aromatic N) is 5.